The molecule has 0 saturated heterocycles. The third-order valence-electron chi connectivity index (χ3n) is 4.83. The number of carbonyl (C=O) groups excluding carboxylic acids is 1. The molecule has 0 atom stereocenters. The monoisotopic (exact) mass is 596 g/mol. The maximum atomic E-state index is 12.6. The van der Waals surface area contributed by atoms with Gasteiger partial charge in [0.1, 0.15) is 25.4 Å². The van der Waals surface area contributed by atoms with E-state index in [0.29, 0.717) is 79.2 Å². The van der Waals surface area contributed by atoms with Gasteiger partial charge in [0.15, 0.2) is 0 Å². The molecule has 14 nitrogen and oxygen atoms in total. The lowest BCUT2D eigenvalue weighted by atomic mass is 10.0. The molecular formula is C28H44N4O10. The largest absolute Gasteiger partial charge is 0.379 e. The van der Waals surface area contributed by atoms with Crippen LogP contribution in [0.25, 0.3) is 10.4 Å². The van der Waals surface area contributed by atoms with Gasteiger partial charge in [-0.05, 0) is 5.53 Å². The van der Waals surface area contributed by atoms with E-state index in [2.05, 4.69) is 33.1 Å². The molecule has 0 fully saturated rings. The SMILES string of the molecule is C#CCOCC(COCC#C)(COCC#C)NC(=O)CCOCCOCCOCCOCCOCCOCCN=[N+]=[N-]. The summed E-state index contributed by atoms with van der Waals surface area (Å²) in [5.41, 5.74) is 7.12. The highest BCUT2D eigenvalue weighted by Gasteiger charge is 2.33. The van der Waals surface area contributed by atoms with E-state index in [-0.39, 0.29) is 58.6 Å². The Kier molecular flexibility index (Phi) is 28.9. The first kappa shape index (κ1) is 39.1. The fourth-order valence-corrected chi connectivity index (χ4v) is 3.02. The number of hydrogen-bond acceptors (Lipinski definition) is 11. The van der Waals surface area contributed by atoms with Crippen LogP contribution < -0.4 is 5.32 Å². The Hall–Kier alpha value is -2.90. The molecule has 0 aromatic carbocycles. The number of nitrogens with one attached hydrogen (secondary N) is 1. The molecule has 0 aliphatic heterocycles. The van der Waals surface area contributed by atoms with Crippen molar-refractivity contribution in [3.63, 3.8) is 0 Å². The number of carbonyl (C=O) groups is 1. The molecule has 0 aromatic rings. The second-order valence-electron chi connectivity index (χ2n) is 8.30. The summed E-state index contributed by atoms with van der Waals surface area (Å²) in [5, 5.41) is 6.25. The molecule has 0 heterocycles. The Morgan fingerprint density at radius 2 is 0.976 bits per heavy atom. The van der Waals surface area contributed by atoms with E-state index < -0.39 is 5.54 Å². The summed E-state index contributed by atoms with van der Waals surface area (Å²) in [4.78, 5) is 15.2. The molecule has 0 rings (SSSR count). The number of rotatable bonds is 31. The van der Waals surface area contributed by atoms with Crippen LogP contribution in [-0.4, -0.2) is 137 Å². The van der Waals surface area contributed by atoms with Gasteiger partial charge >= 0.3 is 0 Å². The number of azide groups is 1. The summed E-state index contributed by atoms with van der Waals surface area (Å²) < 4.78 is 48.7. The average molecular weight is 597 g/mol. The summed E-state index contributed by atoms with van der Waals surface area (Å²) in [6, 6.07) is 0. The quantitative estimate of drug-likeness (QED) is 0.0394. The van der Waals surface area contributed by atoms with Crippen molar-refractivity contribution < 1.29 is 47.4 Å². The van der Waals surface area contributed by atoms with Gasteiger partial charge in [-0.15, -0.1) is 19.3 Å². The van der Waals surface area contributed by atoms with Crippen LogP contribution in [0, 0.1) is 37.0 Å². The van der Waals surface area contributed by atoms with E-state index >= 15 is 0 Å². The van der Waals surface area contributed by atoms with Crippen molar-refractivity contribution in [2.45, 2.75) is 12.0 Å². The zero-order valence-electron chi connectivity index (χ0n) is 24.3. The van der Waals surface area contributed by atoms with Crippen molar-refractivity contribution >= 4 is 5.91 Å². The molecule has 0 radical (unpaired) electrons. The minimum atomic E-state index is -1.02. The van der Waals surface area contributed by atoms with Gasteiger partial charge in [-0.25, -0.2) is 0 Å². The van der Waals surface area contributed by atoms with Crippen molar-refractivity contribution in [1.82, 2.24) is 5.32 Å². The van der Waals surface area contributed by atoms with E-state index in [1.165, 1.54) is 0 Å². The molecule has 14 heteroatoms. The molecule has 0 aliphatic rings. The summed E-state index contributed by atoms with van der Waals surface area (Å²) in [6.45, 7) is 5.36. The van der Waals surface area contributed by atoms with Gasteiger partial charge in [0.05, 0.1) is 99.1 Å². The van der Waals surface area contributed by atoms with Gasteiger partial charge in [-0.3, -0.25) is 4.79 Å². The Morgan fingerprint density at radius 3 is 1.33 bits per heavy atom. The van der Waals surface area contributed by atoms with Crippen molar-refractivity contribution in [3.8, 4) is 37.0 Å². The van der Waals surface area contributed by atoms with E-state index in [0.717, 1.165) is 0 Å². The normalized spacial score (nSPS) is 10.8. The lowest BCUT2D eigenvalue weighted by Gasteiger charge is -2.33. The van der Waals surface area contributed by atoms with Crippen LogP contribution in [0.3, 0.4) is 0 Å². The lowest BCUT2D eigenvalue weighted by Crippen LogP contribution is -2.58. The fourth-order valence-electron chi connectivity index (χ4n) is 3.02. The second kappa shape index (κ2) is 31.0. The fraction of sp³-hybridized carbons (Fsp3) is 0.750. The maximum Gasteiger partial charge on any atom is 0.222 e. The van der Waals surface area contributed by atoms with Crippen molar-refractivity contribution in [1.29, 1.82) is 0 Å². The molecule has 0 aromatic heterocycles. The van der Waals surface area contributed by atoms with E-state index in [1.807, 2.05) is 0 Å². The molecule has 0 unspecified atom stereocenters. The minimum absolute atomic E-state index is 0.0499. The lowest BCUT2D eigenvalue weighted by molar-refractivity contribution is -0.128. The zero-order chi connectivity index (χ0) is 30.8. The topological polar surface area (TPSA) is 161 Å². The van der Waals surface area contributed by atoms with Crippen LogP contribution in [0.5, 0.6) is 0 Å². The summed E-state index contributed by atoms with van der Waals surface area (Å²) in [6.07, 6.45) is 15.9. The van der Waals surface area contributed by atoms with Crippen LogP contribution in [0.2, 0.25) is 0 Å². The number of nitrogens with zero attached hydrogens (tertiary/aromatic N) is 3. The van der Waals surface area contributed by atoms with Crippen LogP contribution in [0.4, 0.5) is 0 Å². The smallest absolute Gasteiger partial charge is 0.222 e. The van der Waals surface area contributed by atoms with Gasteiger partial charge in [-0.1, -0.05) is 22.9 Å². The molecule has 236 valence electrons. The number of terminal acetylenes is 3. The standard InChI is InChI=1S/C28H44N4O10/c1-4-9-40-24-28(25-41-10-5-2,26-42-11-6-3)31-27(33)7-12-34-14-16-36-18-20-38-22-23-39-21-19-37-17-15-35-13-8-30-32-29/h1-3H,7-26H2,(H,31,33). The van der Waals surface area contributed by atoms with Gasteiger partial charge in [-0.2, -0.15) is 0 Å². The van der Waals surface area contributed by atoms with Crippen LogP contribution in [-0.2, 0) is 47.4 Å². The molecule has 0 bridgehead atoms. The number of amides is 1. The average Bonchev–Trinajstić information content (AvgIpc) is 2.98. The highest BCUT2D eigenvalue weighted by Crippen LogP contribution is 2.10. The van der Waals surface area contributed by atoms with E-state index in [1.54, 1.807) is 0 Å². The highest BCUT2D eigenvalue weighted by molar-refractivity contribution is 5.77. The summed E-state index contributed by atoms with van der Waals surface area (Å²) in [5.74, 6) is 6.85. The molecule has 1 N–H and O–H groups in total. The molecule has 0 spiro atoms. The first-order valence-electron chi connectivity index (χ1n) is 13.5. The predicted molar refractivity (Wildman–Crippen MR) is 153 cm³/mol. The van der Waals surface area contributed by atoms with E-state index in [9.17, 15) is 4.79 Å². The minimum Gasteiger partial charge on any atom is -0.379 e. The van der Waals surface area contributed by atoms with Crippen molar-refractivity contribution in [2.75, 3.05) is 125 Å². The number of ether oxygens (including phenoxy) is 9. The van der Waals surface area contributed by atoms with Crippen LogP contribution >= 0.6 is 0 Å². The van der Waals surface area contributed by atoms with Crippen LogP contribution in [0.1, 0.15) is 6.42 Å². The molecule has 0 aliphatic carbocycles. The van der Waals surface area contributed by atoms with Gasteiger partial charge in [0.2, 0.25) is 5.91 Å². The van der Waals surface area contributed by atoms with Gasteiger partial charge in [0.25, 0.3) is 0 Å². The Labute approximate surface area is 248 Å². The second-order valence-corrected chi connectivity index (χ2v) is 8.30. The molecular weight excluding hydrogens is 552 g/mol. The van der Waals surface area contributed by atoms with Crippen LogP contribution in [0.15, 0.2) is 5.11 Å². The predicted octanol–water partition coefficient (Wildman–Crippen LogP) is 0.591. The first-order chi connectivity index (χ1) is 20.6. The Balaban J connectivity index is 3.86. The summed E-state index contributed by atoms with van der Waals surface area (Å²) >= 11 is 0. The highest BCUT2D eigenvalue weighted by atomic mass is 16.6. The van der Waals surface area contributed by atoms with Crippen molar-refractivity contribution in [3.05, 3.63) is 10.4 Å². The van der Waals surface area contributed by atoms with Gasteiger partial charge < -0.3 is 47.9 Å². The Bertz CT molecular complexity index is 784. The van der Waals surface area contributed by atoms with E-state index in [4.69, 9.17) is 67.4 Å². The number of hydrogen-bond donors (Lipinski definition) is 1. The molecule has 42 heavy (non-hydrogen) atoms. The third-order valence-corrected chi connectivity index (χ3v) is 4.83. The van der Waals surface area contributed by atoms with Gasteiger partial charge in [0, 0.05) is 17.9 Å². The molecule has 0 saturated carbocycles. The molecule has 1 amide bonds. The third kappa shape index (κ3) is 26.0. The maximum absolute atomic E-state index is 12.6. The first-order valence-corrected chi connectivity index (χ1v) is 13.5. The summed E-state index contributed by atoms with van der Waals surface area (Å²) in [7, 11) is 0. The zero-order valence-corrected chi connectivity index (χ0v) is 24.3. The van der Waals surface area contributed by atoms with Crippen molar-refractivity contribution in [2.24, 2.45) is 5.11 Å². The Morgan fingerprint density at radius 1 is 0.619 bits per heavy atom.